The minimum Gasteiger partial charge on any atom is -0.336 e. The van der Waals surface area contributed by atoms with Gasteiger partial charge in [-0.3, -0.25) is 4.79 Å². The average Bonchev–Trinajstić information content (AvgIpc) is 2.91. The van der Waals surface area contributed by atoms with Crippen LogP contribution in [0, 0.1) is 0 Å². The second-order valence-corrected chi connectivity index (χ2v) is 7.80. The minimum atomic E-state index is -4.48. The number of aryl methyl sites for hydroxylation is 1. The molecule has 0 bridgehead atoms. The van der Waals surface area contributed by atoms with Crippen molar-refractivity contribution in [1.82, 2.24) is 19.7 Å². The SMILES string of the molecule is Cn1cnnc1S(=O)(=O)C1CN(C(=O)c2ccc(C(F)(F)F)cc2)C1. The predicted octanol–water partition coefficient (Wildman–Crippen LogP) is 1.13. The summed E-state index contributed by atoms with van der Waals surface area (Å²) < 4.78 is 63.6. The molecule has 1 aromatic carbocycles. The number of halogens is 3. The Morgan fingerprint density at radius 2 is 1.80 bits per heavy atom. The molecule has 0 aliphatic carbocycles. The van der Waals surface area contributed by atoms with Crippen LogP contribution in [0.1, 0.15) is 15.9 Å². The van der Waals surface area contributed by atoms with Crippen LogP contribution in [0.25, 0.3) is 0 Å². The number of benzene rings is 1. The first kappa shape index (κ1) is 17.4. The Hall–Kier alpha value is -2.43. The van der Waals surface area contributed by atoms with Gasteiger partial charge < -0.3 is 9.47 Å². The Labute approximate surface area is 141 Å². The van der Waals surface area contributed by atoms with Crippen LogP contribution in [0.5, 0.6) is 0 Å². The van der Waals surface area contributed by atoms with Gasteiger partial charge in [0, 0.05) is 25.7 Å². The molecule has 25 heavy (non-hydrogen) atoms. The normalized spacial score (nSPS) is 15.9. The molecule has 11 heteroatoms. The van der Waals surface area contributed by atoms with Crippen LogP contribution < -0.4 is 0 Å². The van der Waals surface area contributed by atoms with E-state index in [0.717, 1.165) is 24.3 Å². The van der Waals surface area contributed by atoms with E-state index in [1.54, 1.807) is 0 Å². The van der Waals surface area contributed by atoms with Gasteiger partial charge in [-0.05, 0) is 24.3 Å². The molecule has 0 atom stereocenters. The summed E-state index contributed by atoms with van der Waals surface area (Å²) in [4.78, 5) is 13.5. The third kappa shape index (κ3) is 3.11. The van der Waals surface area contributed by atoms with Gasteiger partial charge in [-0.1, -0.05) is 0 Å². The first-order valence-electron chi connectivity index (χ1n) is 7.15. The number of sulfone groups is 1. The van der Waals surface area contributed by atoms with Crippen molar-refractivity contribution in [2.24, 2.45) is 7.05 Å². The van der Waals surface area contributed by atoms with Gasteiger partial charge in [-0.2, -0.15) is 13.2 Å². The van der Waals surface area contributed by atoms with E-state index in [1.165, 1.54) is 22.8 Å². The number of rotatable bonds is 3. The third-order valence-electron chi connectivity index (χ3n) is 3.96. The molecule has 1 aliphatic rings. The van der Waals surface area contributed by atoms with Crippen molar-refractivity contribution in [2.75, 3.05) is 13.1 Å². The molecule has 7 nitrogen and oxygen atoms in total. The Morgan fingerprint density at radius 1 is 1.20 bits per heavy atom. The van der Waals surface area contributed by atoms with Crippen LogP contribution in [-0.2, 0) is 23.1 Å². The fraction of sp³-hybridized carbons (Fsp3) is 0.357. The molecule has 1 aromatic heterocycles. The molecular weight excluding hydrogens is 361 g/mol. The quantitative estimate of drug-likeness (QED) is 0.804. The first-order chi connectivity index (χ1) is 11.6. The molecule has 0 saturated carbocycles. The van der Waals surface area contributed by atoms with E-state index in [4.69, 9.17) is 0 Å². The van der Waals surface area contributed by atoms with Crippen LogP contribution in [-0.4, -0.2) is 52.3 Å². The molecule has 0 spiro atoms. The van der Waals surface area contributed by atoms with Crippen molar-refractivity contribution in [3.63, 3.8) is 0 Å². The Kier molecular flexibility index (Phi) is 4.06. The number of hydrogen-bond donors (Lipinski definition) is 0. The minimum absolute atomic E-state index is 0.0466. The van der Waals surface area contributed by atoms with E-state index in [-0.39, 0.29) is 23.8 Å². The lowest BCUT2D eigenvalue weighted by Crippen LogP contribution is -2.57. The maximum absolute atomic E-state index is 12.5. The molecule has 1 aliphatic heterocycles. The van der Waals surface area contributed by atoms with E-state index in [0.29, 0.717) is 0 Å². The van der Waals surface area contributed by atoms with E-state index in [1.807, 2.05) is 0 Å². The summed E-state index contributed by atoms with van der Waals surface area (Å²) in [7, 11) is -2.22. The van der Waals surface area contributed by atoms with Crippen molar-refractivity contribution < 1.29 is 26.4 Å². The lowest BCUT2D eigenvalue weighted by Gasteiger charge is -2.38. The zero-order valence-corrected chi connectivity index (χ0v) is 13.8. The molecule has 0 radical (unpaired) electrons. The third-order valence-corrected chi connectivity index (χ3v) is 6.01. The molecule has 2 heterocycles. The topological polar surface area (TPSA) is 85.2 Å². The summed E-state index contributed by atoms with van der Waals surface area (Å²) in [5.74, 6) is -0.516. The van der Waals surface area contributed by atoms with E-state index >= 15 is 0 Å². The largest absolute Gasteiger partial charge is 0.416 e. The van der Waals surface area contributed by atoms with Crippen LogP contribution in [0.2, 0.25) is 0 Å². The lowest BCUT2D eigenvalue weighted by atomic mass is 10.1. The fourth-order valence-electron chi connectivity index (χ4n) is 2.46. The molecule has 1 fully saturated rings. The number of aromatic nitrogens is 3. The maximum atomic E-state index is 12.5. The van der Waals surface area contributed by atoms with Crippen molar-refractivity contribution in [3.05, 3.63) is 41.7 Å². The summed E-state index contributed by atoms with van der Waals surface area (Å²) in [6.07, 6.45) is -3.22. The number of alkyl halides is 3. The van der Waals surface area contributed by atoms with E-state index in [2.05, 4.69) is 10.2 Å². The van der Waals surface area contributed by atoms with Gasteiger partial charge in [0.05, 0.1) is 5.56 Å². The summed E-state index contributed by atoms with van der Waals surface area (Å²) >= 11 is 0. The average molecular weight is 374 g/mol. The predicted molar refractivity (Wildman–Crippen MR) is 79.3 cm³/mol. The van der Waals surface area contributed by atoms with Crippen molar-refractivity contribution in [1.29, 1.82) is 0 Å². The number of carbonyl (C=O) groups is 1. The van der Waals surface area contributed by atoms with Gasteiger partial charge in [0.15, 0.2) is 0 Å². The van der Waals surface area contributed by atoms with Gasteiger partial charge in [0.1, 0.15) is 11.6 Å². The Bertz CT molecular complexity index is 900. The zero-order valence-electron chi connectivity index (χ0n) is 12.9. The van der Waals surface area contributed by atoms with Gasteiger partial charge in [0.2, 0.25) is 15.0 Å². The number of nitrogens with zero attached hydrogens (tertiary/aromatic N) is 4. The summed E-state index contributed by atoms with van der Waals surface area (Å²) in [5.41, 5.74) is -0.780. The molecule has 0 N–H and O–H groups in total. The van der Waals surface area contributed by atoms with Crippen LogP contribution in [0.3, 0.4) is 0 Å². The highest BCUT2D eigenvalue weighted by Gasteiger charge is 2.43. The van der Waals surface area contributed by atoms with Crippen LogP contribution in [0.15, 0.2) is 35.7 Å². The van der Waals surface area contributed by atoms with Crippen molar-refractivity contribution in [2.45, 2.75) is 16.6 Å². The first-order valence-corrected chi connectivity index (χ1v) is 8.70. The summed E-state index contributed by atoms with van der Waals surface area (Å²) in [6.45, 7) is -0.0932. The molecule has 2 aromatic rings. The zero-order chi connectivity index (χ0) is 18.4. The van der Waals surface area contributed by atoms with Crippen LogP contribution >= 0.6 is 0 Å². The van der Waals surface area contributed by atoms with Crippen molar-refractivity contribution in [3.8, 4) is 0 Å². The molecule has 0 unspecified atom stereocenters. The number of amides is 1. The molecule has 1 amide bonds. The van der Waals surface area contributed by atoms with Crippen LogP contribution in [0.4, 0.5) is 13.2 Å². The molecule has 3 rings (SSSR count). The van der Waals surface area contributed by atoms with Crippen molar-refractivity contribution >= 4 is 15.7 Å². The monoisotopic (exact) mass is 374 g/mol. The van der Waals surface area contributed by atoms with E-state index < -0.39 is 32.7 Å². The smallest absolute Gasteiger partial charge is 0.336 e. The Balaban J connectivity index is 1.68. The number of carbonyl (C=O) groups excluding carboxylic acids is 1. The molecular formula is C14H13F3N4O3S. The summed E-state index contributed by atoms with van der Waals surface area (Å²) in [6, 6.07) is 3.80. The number of likely N-dealkylation sites (tertiary alicyclic amines) is 1. The van der Waals surface area contributed by atoms with Gasteiger partial charge >= 0.3 is 6.18 Å². The highest BCUT2D eigenvalue weighted by molar-refractivity contribution is 7.92. The molecule has 134 valence electrons. The summed E-state index contributed by atoms with van der Waals surface area (Å²) in [5, 5.41) is 6.09. The molecule has 1 saturated heterocycles. The highest BCUT2D eigenvalue weighted by atomic mass is 32.2. The van der Waals surface area contributed by atoms with Gasteiger partial charge in [0.25, 0.3) is 5.91 Å². The fourth-order valence-corrected chi connectivity index (χ4v) is 4.12. The lowest BCUT2D eigenvalue weighted by molar-refractivity contribution is -0.137. The maximum Gasteiger partial charge on any atom is 0.416 e. The van der Waals surface area contributed by atoms with Gasteiger partial charge in [-0.25, -0.2) is 8.42 Å². The standard InChI is InChI=1S/C14H13F3N4O3S/c1-20-8-18-19-13(20)25(23,24)11-6-21(7-11)12(22)9-2-4-10(5-3-9)14(15,16)17/h2-5,8,11H,6-7H2,1H3. The highest BCUT2D eigenvalue weighted by Crippen LogP contribution is 2.30. The second kappa shape index (κ2) is 5.83. The Morgan fingerprint density at radius 3 is 2.28 bits per heavy atom. The second-order valence-electron chi connectivity index (χ2n) is 5.68. The van der Waals surface area contributed by atoms with Gasteiger partial charge in [-0.15, -0.1) is 10.2 Å². The van der Waals surface area contributed by atoms with E-state index in [9.17, 15) is 26.4 Å². The number of hydrogen-bond acceptors (Lipinski definition) is 5.